The Balaban J connectivity index is 1.60. The van der Waals surface area contributed by atoms with Crippen LogP contribution in [0.15, 0.2) is 90.0 Å². The van der Waals surface area contributed by atoms with Crippen LogP contribution >= 0.6 is 0 Å². The van der Waals surface area contributed by atoms with Crippen molar-refractivity contribution >= 4 is 22.4 Å². The smallest absolute Gasteiger partial charge is 0.272 e. The van der Waals surface area contributed by atoms with Crippen LogP contribution in [-0.2, 0) is 0 Å². The Kier molecular flexibility index (Phi) is 5.20. The first-order valence-corrected chi connectivity index (χ1v) is 10.4. The van der Waals surface area contributed by atoms with Crippen molar-refractivity contribution in [3.63, 3.8) is 0 Å². The van der Waals surface area contributed by atoms with Crippen LogP contribution in [0.3, 0.4) is 0 Å². The Labute approximate surface area is 189 Å². The van der Waals surface area contributed by atoms with E-state index >= 15 is 0 Å². The molecule has 0 aliphatic heterocycles. The Morgan fingerprint density at radius 3 is 2.45 bits per heavy atom. The maximum atomic E-state index is 12.9. The van der Waals surface area contributed by atoms with E-state index in [2.05, 4.69) is 20.3 Å². The third-order valence-corrected chi connectivity index (χ3v) is 5.30. The van der Waals surface area contributed by atoms with Crippen LogP contribution in [0.5, 0.6) is 11.5 Å². The Morgan fingerprint density at radius 1 is 0.939 bits per heavy atom. The second-order valence-corrected chi connectivity index (χ2v) is 7.53. The summed E-state index contributed by atoms with van der Waals surface area (Å²) in [6, 6.07) is 22.1. The van der Waals surface area contributed by atoms with Crippen LogP contribution in [0.1, 0.15) is 16.2 Å². The summed E-state index contributed by atoms with van der Waals surface area (Å²) in [5.41, 5.74) is 2.60. The third kappa shape index (κ3) is 3.99. The molecule has 3 aromatic heterocycles. The van der Waals surface area contributed by atoms with Crippen molar-refractivity contribution in [2.24, 2.45) is 0 Å². The summed E-state index contributed by atoms with van der Waals surface area (Å²) in [7, 11) is 0. The van der Waals surface area contributed by atoms with Crippen LogP contribution in [-0.4, -0.2) is 20.9 Å². The lowest BCUT2D eigenvalue weighted by molar-refractivity contribution is 0.102. The number of amides is 1. The average molecular weight is 436 g/mol. The number of benzene rings is 2. The number of aryl methyl sites for hydroxylation is 1. The van der Waals surface area contributed by atoms with Crippen molar-refractivity contribution in [3.8, 4) is 22.8 Å². The molecule has 33 heavy (non-hydrogen) atoms. The number of aromatic amines is 2. The van der Waals surface area contributed by atoms with Crippen LogP contribution in [0.25, 0.3) is 22.0 Å². The average Bonchev–Trinajstić information content (AvgIpc) is 3.17. The predicted octanol–water partition coefficient (Wildman–Crippen LogP) is 5.27. The number of hydrogen-bond acceptors (Lipinski definition) is 4. The van der Waals surface area contributed by atoms with E-state index in [9.17, 15) is 9.59 Å². The number of pyridine rings is 2. The number of ether oxygens (including phenoxy) is 1. The number of carbonyl (C=O) groups excluding carboxylic acids is 1. The van der Waals surface area contributed by atoms with Crippen molar-refractivity contribution in [2.75, 3.05) is 5.32 Å². The van der Waals surface area contributed by atoms with E-state index in [0.29, 0.717) is 39.3 Å². The number of H-pyrrole nitrogens is 2. The molecule has 0 saturated heterocycles. The molecule has 5 rings (SSSR count). The van der Waals surface area contributed by atoms with Crippen LogP contribution in [0.2, 0.25) is 0 Å². The highest BCUT2D eigenvalue weighted by Crippen LogP contribution is 2.37. The molecule has 7 heteroatoms. The van der Waals surface area contributed by atoms with Gasteiger partial charge in [-0.15, -0.1) is 0 Å². The van der Waals surface area contributed by atoms with Gasteiger partial charge in [0.15, 0.2) is 0 Å². The summed E-state index contributed by atoms with van der Waals surface area (Å²) in [6.45, 7) is 1.83. The number of carbonyl (C=O) groups is 1. The van der Waals surface area contributed by atoms with E-state index in [1.807, 2.05) is 61.5 Å². The number of nitrogens with zero attached hydrogens (tertiary/aromatic N) is 1. The highest BCUT2D eigenvalue weighted by molar-refractivity contribution is 6.07. The minimum Gasteiger partial charge on any atom is -0.457 e. The minimum absolute atomic E-state index is 0.158. The molecule has 0 aliphatic carbocycles. The fraction of sp³-hybridized carbons (Fsp3) is 0.0385. The maximum Gasteiger partial charge on any atom is 0.272 e. The van der Waals surface area contributed by atoms with E-state index in [1.165, 1.54) is 0 Å². The number of anilines is 1. The summed E-state index contributed by atoms with van der Waals surface area (Å²) in [4.78, 5) is 35.7. The Hall–Kier alpha value is -4.65. The molecule has 0 atom stereocenters. The van der Waals surface area contributed by atoms with Gasteiger partial charge in [0, 0.05) is 34.7 Å². The van der Waals surface area contributed by atoms with Crippen molar-refractivity contribution in [1.82, 2.24) is 15.0 Å². The van der Waals surface area contributed by atoms with Crippen molar-refractivity contribution in [3.05, 3.63) is 107 Å². The van der Waals surface area contributed by atoms with Gasteiger partial charge in [-0.2, -0.15) is 0 Å². The molecule has 7 nitrogen and oxygen atoms in total. The first kappa shape index (κ1) is 20.3. The van der Waals surface area contributed by atoms with Crippen molar-refractivity contribution in [2.45, 2.75) is 6.92 Å². The number of fused-ring (bicyclic) bond motifs is 1. The summed E-state index contributed by atoms with van der Waals surface area (Å²) >= 11 is 0. The molecule has 2 aromatic carbocycles. The quantitative estimate of drug-likeness (QED) is 0.349. The first-order chi connectivity index (χ1) is 16.1. The highest BCUT2D eigenvalue weighted by atomic mass is 16.5. The molecule has 0 saturated carbocycles. The number of para-hydroxylation sites is 2. The lowest BCUT2D eigenvalue weighted by atomic mass is 10.1. The van der Waals surface area contributed by atoms with Gasteiger partial charge in [-0.3, -0.25) is 14.6 Å². The standard InChI is InChI=1S/C26H20N4O3/c1-16-23-20(15-21(30-26(23)32)25(31)29-17-11-13-27-14-12-17)24(28-16)19-9-5-6-10-22(19)33-18-7-3-2-4-8-18/h2-15,28H,1H3,(H,30,32)(H,27,29,31). The molecule has 0 radical (unpaired) electrons. The Morgan fingerprint density at radius 2 is 1.67 bits per heavy atom. The van der Waals surface area contributed by atoms with Gasteiger partial charge < -0.3 is 20.0 Å². The van der Waals surface area contributed by atoms with Gasteiger partial charge in [-0.05, 0) is 49.4 Å². The number of aromatic nitrogens is 3. The summed E-state index contributed by atoms with van der Waals surface area (Å²) in [5.74, 6) is 0.918. The zero-order chi connectivity index (χ0) is 22.8. The zero-order valence-corrected chi connectivity index (χ0v) is 17.8. The van der Waals surface area contributed by atoms with Gasteiger partial charge in [0.05, 0.1) is 11.1 Å². The van der Waals surface area contributed by atoms with Gasteiger partial charge in [-0.25, -0.2) is 0 Å². The fourth-order valence-electron chi connectivity index (χ4n) is 3.79. The summed E-state index contributed by atoms with van der Waals surface area (Å²) < 4.78 is 6.12. The first-order valence-electron chi connectivity index (χ1n) is 10.4. The van der Waals surface area contributed by atoms with Gasteiger partial charge in [0.2, 0.25) is 0 Å². The molecule has 0 aliphatic rings. The molecule has 1 amide bonds. The number of hydrogen-bond donors (Lipinski definition) is 3. The largest absolute Gasteiger partial charge is 0.457 e. The van der Waals surface area contributed by atoms with Gasteiger partial charge in [-0.1, -0.05) is 30.3 Å². The summed E-state index contributed by atoms with van der Waals surface area (Å²) in [6.07, 6.45) is 3.16. The van der Waals surface area contributed by atoms with Gasteiger partial charge in [0.1, 0.15) is 17.2 Å². The van der Waals surface area contributed by atoms with E-state index in [-0.39, 0.29) is 11.3 Å². The third-order valence-electron chi connectivity index (χ3n) is 5.30. The second kappa shape index (κ2) is 8.47. The van der Waals surface area contributed by atoms with Gasteiger partial charge >= 0.3 is 0 Å². The van der Waals surface area contributed by atoms with Gasteiger partial charge in [0.25, 0.3) is 11.5 Å². The molecule has 0 bridgehead atoms. The molecular weight excluding hydrogens is 416 g/mol. The van der Waals surface area contributed by atoms with Crippen LogP contribution in [0, 0.1) is 6.92 Å². The van der Waals surface area contributed by atoms with E-state index < -0.39 is 5.91 Å². The molecular formula is C26H20N4O3. The second-order valence-electron chi connectivity index (χ2n) is 7.53. The molecule has 3 N–H and O–H groups in total. The van der Waals surface area contributed by atoms with Crippen LogP contribution < -0.4 is 15.6 Å². The molecule has 5 aromatic rings. The maximum absolute atomic E-state index is 12.9. The molecule has 3 heterocycles. The predicted molar refractivity (Wildman–Crippen MR) is 128 cm³/mol. The summed E-state index contributed by atoms with van der Waals surface area (Å²) in [5, 5.41) is 3.92. The zero-order valence-electron chi connectivity index (χ0n) is 17.8. The number of nitrogens with one attached hydrogen (secondary N) is 3. The molecule has 0 spiro atoms. The molecule has 162 valence electrons. The van der Waals surface area contributed by atoms with E-state index in [0.717, 1.165) is 5.56 Å². The minimum atomic E-state index is -0.418. The topological polar surface area (TPSA) is 99.9 Å². The van der Waals surface area contributed by atoms with Crippen LogP contribution in [0.4, 0.5) is 5.69 Å². The van der Waals surface area contributed by atoms with Crippen molar-refractivity contribution in [1.29, 1.82) is 0 Å². The monoisotopic (exact) mass is 436 g/mol. The lowest BCUT2D eigenvalue weighted by Crippen LogP contribution is -2.18. The van der Waals surface area contributed by atoms with Crippen molar-refractivity contribution < 1.29 is 9.53 Å². The Bertz CT molecular complexity index is 1510. The van der Waals surface area contributed by atoms with E-state index in [4.69, 9.17) is 4.74 Å². The SMILES string of the molecule is Cc1[nH]c(-c2ccccc2Oc2ccccc2)c2cc(C(=O)Nc3ccncc3)[nH]c(=O)c12. The highest BCUT2D eigenvalue weighted by Gasteiger charge is 2.19. The van der Waals surface area contributed by atoms with E-state index in [1.54, 1.807) is 30.6 Å². The molecule has 0 unspecified atom stereocenters. The molecule has 0 fully saturated rings. The normalized spacial score (nSPS) is 10.8. The fourth-order valence-corrected chi connectivity index (χ4v) is 3.79. The lowest BCUT2D eigenvalue weighted by Gasteiger charge is -2.11. The number of rotatable bonds is 5.